The summed E-state index contributed by atoms with van der Waals surface area (Å²) in [5, 5.41) is 2.83. The number of carbonyl (C=O) groups is 1. The summed E-state index contributed by atoms with van der Waals surface area (Å²) in [5.41, 5.74) is 3.05. The molecule has 0 aliphatic carbocycles. The fourth-order valence-corrected chi connectivity index (χ4v) is 2.52. The summed E-state index contributed by atoms with van der Waals surface area (Å²) in [5.74, 6) is -0.241. The first-order chi connectivity index (χ1) is 10.8. The van der Waals surface area contributed by atoms with Crippen LogP contribution in [0.1, 0.15) is 21.5 Å². The average Bonchev–Trinajstić information content (AvgIpc) is 2.52. The van der Waals surface area contributed by atoms with Crippen LogP contribution < -0.4 is 9.62 Å². The van der Waals surface area contributed by atoms with Gasteiger partial charge in [-0.3, -0.25) is 9.10 Å². The van der Waals surface area contributed by atoms with Crippen LogP contribution in [0.25, 0.3) is 0 Å². The van der Waals surface area contributed by atoms with Gasteiger partial charge in [0.2, 0.25) is 10.0 Å². The van der Waals surface area contributed by atoms with Crippen molar-refractivity contribution in [2.45, 2.75) is 13.5 Å². The predicted molar refractivity (Wildman–Crippen MR) is 92.0 cm³/mol. The van der Waals surface area contributed by atoms with Gasteiger partial charge < -0.3 is 5.32 Å². The summed E-state index contributed by atoms with van der Waals surface area (Å²) < 4.78 is 24.3. The summed E-state index contributed by atoms with van der Waals surface area (Å²) in [7, 11) is -1.90. The van der Waals surface area contributed by atoms with E-state index in [9.17, 15) is 13.2 Å². The molecular formula is C17H20N2O3S. The van der Waals surface area contributed by atoms with Crippen LogP contribution in [0.4, 0.5) is 5.69 Å². The van der Waals surface area contributed by atoms with E-state index in [1.807, 2.05) is 31.2 Å². The number of rotatable bonds is 5. The van der Waals surface area contributed by atoms with E-state index < -0.39 is 10.0 Å². The van der Waals surface area contributed by atoms with Crippen molar-refractivity contribution >= 4 is 21.6 Å². The van der Waals surface area contributed by atoms with Crippen molar-refractivity contribution in [1.82, 2.24) is 5.32 Å². The summed E-state index contributed by atoms with van der Waals surface area (Å²) >= 11 is 0. The van der Waals surface area contributed by atoms with Crippen molar-refractivity contribution < 1.29 is 13.2 Å². The second-order valence-corrected chi connectivity index (χ2v) is 7.46. The van der Waals surface area contributed by atoms with Gasteiger partial charge in [-0.25, -0.2) is 8.42 Å². The Hall–Kier alpha value is -2.34. The molecule has 2 rings (SSSR count). The highest BCUT2D eigenvalue weighted by Gasteiger charge is 2.14. The molecule has 122 valence electrons. The number of nitrogens with one attached hydrogen (secondary N) is 1. The third-order valence-electron chi connectivity index (χ3n) is 3.54. The lowest BCUT2D eigenvalue weighted by molar-refractivity contribution is 0.0951. The summed E-state index contributed by atoms with van der Waals surface area (Å²) in [6.07, 6.45) is 1.12. The van der Waals surface area contributed by atoms with Crippen molar-refractivity contribution in [1.29, 1.82) is 0 Å². The largest absolute Gasteiger partial charge is 0.348 e. The standard InChI is InChI=1S/C17H20N2O3S/c1-13-7-9-14(10-8-13)12-18-17(20)15-5-4-6-16(11-15)19(2)23(3,21)22/h4-11H,12H2,1-3H3,(H,18,20). The van der Waals surface area contributed by atoms with Gasteiger partial charge in [0.25, 0.3) is 5.91 Å². The maximum absolute atomic E-state index is 12.2. The molecule has 5 nitrogen and oxygen atoms in total. The van der Waals surface area contributed by atoms with Crippen LogP contribution in [-0.2, 0) is 16.6 Å². The number of hydrogen-bond acceptors (Lipinski definition) is 3. The normalized spacial score (nSPS) is 11.1. The van der Waals surface area contributed by atoms with Gasteiger partial charge in [0, 0.05) is 19.2 Å². The van der Waals surface area contributed by atoms with E-state index in [1.165, 1.54) is 7.05 Å². The molecule has 23 heavy (non-hydrogen) atoms. The molecule has 0 aliphatic rings. The summed E-state index contributed by atoms with van der Waals surface area (Å²) in [4.78, 5) is 12.2. The number of hydrogen-bond donors (Lipinski definition) is 1. The number of sulfonamides is 1. The van der Waals surface area contributed by atoms with Crippen LogP contribution in [0.3, 0.4) is 0 Å². The van der Waals surface area contributed by atoms with Gasteiger partial charge in [-0.15, -0.1) is 0 Å². The number of nitrogens with zero attached hydrogens (tertiary/aromatic N) is 1. The van der Waals surface area contributed by atoms with Gasteiger partial charge in [0.05, 0.1) is 11.9 Å². The number of benzene rings is 2. The fraction of sp³-hybridized carbons (Fsp3) is 0.235. The van der Waals surface area contributed by atoms with Gasteiger partial charge in [-0.2, -0.15) is 0 Å². The van der Waals surface area contributed by atoms with Gasteiger partial charge >= 0.3 is 0 Å². The molecule has 1 N–H and O–H groups in total. The Labute approximate surface area is 137 Å². The average molecular weight is 332 g/mol. The van der Waals surface area contributed by atoms with Crippen LogP contribution in [0, 0.1) is 6.92 Å². The third-order valence-corrected chi connectivity index (χ3v) is 4.75. The first-order valence-corrected chi connectivity index (χ1v) is 9.00. The van der Waals surface area contributed by atoms with Crippen molar-refractivity contribution in [3.8, 4) is 0 Å². The molecule has 0 fully saturated rings. The molecule has 2 aromatic rings. The van der Waals surface area contributed by atoms with E-state index in [0.29, 0.717) is 17.8 Å². The third kappa shape index (κ3) is 4.56. The highest BCUT2D eigenvalue weighted by molar-refractivity contribution is 7.92. The molecule has 1 amide bonds. The van der Waals surface area contributed by atoms with E-state index >= 15 is 0 Å². The molecule has 0 aliphatic heterocycles. The van der Waals surface area contributed by atoms with Gasteiger partial charge in [0.15, 0.2) is 0 Å². The molecule has 0 saturated heterocycles. The monoisotopic (exact) mass is 332 g/mol. The maximum Gasteiger partial charge on any atom is 0.251 e. The molecule has 0 unspecified atom stereocenters. The van der Waals surface area contributed by atoms with Crippen molar-refractivity contribution in [3.63, 3.8) is 0 Å². The van der Waals surface area contributed by atoms with Gasteiger partial charge in [-0.05, 0) is 30.7 Å². The molecule has 0 spiro atoms. The van der Waals surface area contributed by atoms with Crippen LogP contribution >= 0.6 is 0 Å². The maximum atomic E-state index is 12.2. The molecule has 0 saturated carbocycles. The quantitative estimate of drug-likeness (QED) is 0.914. The highest BCUT2D eigenvalue weighted by Crippen LogP contribution is 2.17. The number of aryl methyl sites for hydroxylation is 1. The zero-order valence-electron chi connectivity index (χ0n) is 13.4. The Morgan fingerprint density at radius 2 is 1.78 bits per heavy atom. The number of carbonyl (C=O) groups excluding carboxylic acids is 1. The zero-order chi connectivity index (χ0) is 17.0. The Morgan fingerprint density at radius 3 is 2.39 bits per heavy atom. The van der Waals surface area contributed by atoms with Gasteiger partial charge in [-0.1, -0.05) is 35.9 Å². The predicted octanol–water partition coefficient (Wildman–Crippen LogP) is 2.32. The van der Waals surface area contributed by atoms with Crippen LogP contribution in [0.15, 0.2) is 48.5 Å². The van der Waals surface area contributed by atoms with Crippen LogP contribution in [0.5, 0.6) is 0 Å². The molecule has 0 atom stereocenters. The summed E-state index contributed by atoms with van der Waals surface area (Å²) in [6, 6.07) is 14.4. The summed E-state index contributed by atoms with van der Waals surface area (Å²) in [6.45, 7) is 2.43. The molecule has 0 aromatic heterocycles. The molecule has 0 heterocycles. The first kappa shape index (κ1) is 17.0. The van der Waals surface area contributed by atoms with E-state index in [-0.39, 0.29) is 5.91 Å². The molecule has 6 heteroatoms. The zero-order valence-corrected chi connectivity index (χ0v) is 14.2. The molecule has 2 aromatic carbocycles. The fourth-order valence-electron chi connectivity index (χ4n) is 2.02. The second-order valence-electron chi connectivity index (χ2n) is 5.45. The minimum atomic E-state index is -3.36. The van der Waals surface area contributed by atoms with E-state index in [0.717, 1.165) is 21.7 Å². The Kier molecular flexibility index (Phi) is 5.05. The SMILES string of the molecule is Cc1ccc(CNC(=O)c2cccc(N(C)S(C)(=O)=O)c2)cc1. The minimum Gasteiger partial charge on any atom is -0.348 e. The van der Waals surface area contributed by atoms with Crippen molar-refractivity contribution in [3.05, 3.63) is 65.2 Å². The Morgan fingerprint density at radius 1 is 1.13 bits per heavy atom. The molecular weight excluding hydrogens is 312 g/mol. The lowest BCUT2D eigenvalue weighted by Gasteiger charge is -2.17. The van der Waals surface area contributed by atoms with E-state index in [2.05, 4.69) is 5.32 Å². The topological polar surface area (TPSA) is 66.5 Å². The number of amides is 1. The molecule has 0 radical (unpaired) electrons. The lowest BCUT2D eigenvalue weighted by Crippen LogP contribution is -2.26. The first-order valence-electron chi connectivity index (χ1n) is 7.15. The van der Waals surface area contributed by atoms with Crippen molar-refractivity contribution in [2.75, 3.05) is 17.6 Å². The van der Waals surface area contributed by atoms with E-state index in [4.69, 9.17) is 0 Å². The van der Waals surface area contributed by atoms with E-state index in [1.54, 1.807) is 24.3 Å². The van der Waals surface area contributed by atoms with Crippen LogP contribution in [0.2, 0.25) is 0 Å². The minimum absolute atomic E-state index is 0.241. The van der Waals surface area contributed by atoms with Crippen molar-refractivity contribution in [2.24, 2.45) is 0 Å². The smallest absolute Gasteiger partial charge is 0.251 e. The Bertz CT molecular complexity index is 799. The lowest BCUT2D eigenvalue weighted by atomic mass is 10.1. The second kappa shape index (κ2) is 6.83. The van der Waals surface area contributed by atoms with Crippen LogP contribution in [-0.4, -0.2) is 27.6 Å². The highest BCUT2D eigenvalue weighted by atomic mass is 32.2. The Balaban J connectivity index is 2.09. The number of anilines is 1. The van der Waals surface area contributed by atoms with Gasteiger partial charge in [0.1, 0.15) is 0 Å². The molecule has 0 bridgehead atoms.